The van der Waals surface area contributed by atoms with Gasteiger partial charge in [-0.25, -0.2) is 9.97 Å². The highest BCUT2D eigenvalue weighted by atomic mass is 16.4. The van der Waals surface area contributed by atoms with Gasteiger partial charge in [0.25, 0.3) is 6.01 Å². The first-order chi connectivity index (χ1) is 17.1. The average molecular weight is 472 g/mol. The van der Waals surface area contributed by atoms with E-state index in [-0.39, 0.29) is 11.8 Å². The van der Waals surface area contributed by atoms with Crippen molar-refractivity contribution in [3.05, 3.63) is 54.4 Å². The third-order valence-corrected chi connectivity index (χ3v) is 7.13. The van der Waals surface area contributed by atoms with Crippen molar-refractivity contribution in [1.82, 2.24) is 24.8 Å². The standard InChI is InChI=1S/C26H29N7O2/c27-24-19-5-1-2-6-20(19)28-23(30-24)17-31-13-15-32(16-14-31)25(34)18-9-11-33(12-10-18)26-29-21-7-3-4-8-22(21)35-26/h1-8,18H,9-17H2,(H2,27,28,30). The molecule has 2 fully saturated rings. The Balaban J connectivity index is 1.02. The number of hydrogen-bond acceptors (Lipinski definition) is 8. The lowest BCUT2D eigenvalue weighted by atomic mass is 9.95. The molecule has 4 heterocycles. The van der Waals surface area contributed by atoms with Crippen molar-refractivity contribution in [2.75, 3.05) is 49.9 Å². The Morgan fingerprint density at radius 2 is 1.60 bits per heavy atom. The fourth-order valence-electron chi connectivity index (χ4n) is 5.12. The van der Waals surface area contributed by atoms with Crippen molar-refractivity contribution in [3.8, 4) is 0 Å². The van der Waals surface area contributed by atoms with Crippen molar-refractivity contribution in [2.24, 2.45) is 5.92 Å². The number of piperazine rings is 1. The molecule has 0 unspecified atom stereocenters. The number of fused-ring (bicyclic) bond motifs is 2. The van der Waals surface area contributed by atoms with E-state index in [0.717, 1.165) is 79.9 Å². The number of aromatic nitrogens is 3. The van der Waals surface area contributed by atoms with Gasteiger partial charge in [-0.05, 0) is 37.1 Å². The predicted molar refractivity (Wildman–Crippen MR) is 135 cm³/mol. The first-order valence-corrected chi connectivity index (χ1v) is 12.3. The molecule has 2 aliphatic heterocycles. The summed E-state index contributed by atoms with van der Waals surface area (Å²) in [5.74, 6) is 1.58. The molecule has 2 N–H and O–H groups in total. The van der Waals surface area contributed by atoms with Gasteiger partial charge in [0.1, 0.15) is 17.2 Å². The summed E-state index contributed by atoms with van der Waals surface area (Å²) in [6.45, 7) is 5.28. The average Bonchev–Trinajstić information content (AvgIpc) is 3.33. The largest absolute Gasteiger partial charge is 0.423 e. The van der Waals surface area contributed by atoms with Crippen molar-refractivity contribution < 1.29 is 9.21 Å². The fourth-order valence-corrected chi connectivity index (χ4v) is 5.12. The van der Waals surface area contributed by atoms with Gasteiger partial charge in [0, 0.05) is 50.6 Å². The summed E-state index contributed by atoms with van der Waals surface area (Å²) in [6, 6.07) is 16.3. The topological polar surface area (TPSA) is 105 Å². The van der Waals surface area contributed by atoms with Gasteiger partial charge in [0.2, 0.25) is 5.91 Å². The van der Waals surface area contributed by atoms with Gasteiger partial charge in [-0.3, -0.25) is 9.69 Å². The van der Waals surface area contributed by atoms with Crippen LogP contribution in [0.3, 0.4) is 0 Å². The van der Waals surface area contributed by atoms with Crippen LogP contribution < -0.4 is 10.6 Å². The Labute approximate surface area is 203 Å². The van der Waals surface area contributed by atoms with Crippen LogP contribution in [0, 0.1) is 5.92 Å². The second kappa shape index (κ2) is 9.14. The summed E-state index contributed by atoms with van der Waals surface area (Å²) >= 11 is 0. The second-order valence-corrected chi connectivity index (χ2v) is 9.37. The van der Waals surface area contributed by atoms with E-state index in [0.29, 0.717) is 18.4 Å². The van der Waals surface area contributed by atoms with Crippen LogP contribution in [-0.2, 0) is 11.3 Å². The lowest BCUT2D eigenvalue weighted by molar-refractivity contribution is -0.138. The Bertz CT molecular complexity index is 1320. The van der Waals surface area contributed by atoms with Crippen LogP contribution in [0.1, 0.15) is 18.7 Å². The van der Waals surface area contributed by atoms with Gasteiger partial charge in [0.15, 0.2) is 5.58 Å². The third-order valence-electron chi connectivity index (χ3n) is 7.13. The highest BCUT2D eigenvalue weighted by Gasteiger charge is 2.31. The maximum Gasteiger partial charge on any atom is 0.298 e. The van der Waals surface area contributed by atoms with Gasteiger partial charge in [-0.15, -0.1) is 0 Å². The Kier molecular flexibility index (Phi) is 5.69. The summed E-state index contributed by atoms with van der Waals surface area (Å²) in [7, 11) is 0. The zero-order valence-electron chi connectivity index (χ0n) is 19.6. The van der Waals surface area contributed by atoms with Crippen LogP contribution in [-0.4, -0.2) is 69.9 Å². The number of nitrogen functional groups attached to an aromatic ring is 1. The SMILES string of the molecule is Nc1nc(CN2CCN(C(=O)C3CCN(c4nc5ccccc5o4)CC3)CC2)nc2ccccc12. The quantitative estimate of drug-likeness (QED) is 0.485. The third kappa shape index (κ3) is 4.39. The molecule has 0 aliphatic carbocycles. The zero-order valence-corrected chi connectivity index (χ0v) is 19.6. The Hall–Kier alpha value is -3.72. The predicted octanol–water partition coefficient (Wildman–Crippen LogP) is 2.91. The van der Waals surface area contributed by atoms with Crippen molar-refractivity contribution in [2.45, 2.75) is 19.4 Å². The molecule has 1 amide bonds. The number of rotatable bonds is 4. The number of hydrogen-bond donors (Lipinski definition) is 1. The molecular formula is C26H29N7O2. The molecule has 0 spiro atoms. The fraction of sp³-hybridized carbons (Fsp3) is 0.385. The molecule has 6 rings (SSSR count). The van der Waals surface area contributed by atoms with Crippen molar-refractivity contribution in [1.29, 1.82) is 0 Å². The first kappa shape index (κ1) is 21.8. The van der Waals surface area contributed by atoms with E-state index in [9.17, 15) is 4.79 Å². The second-order valence-electron chi connectivity index (χ2n) is 9.37. The van der Waals surface area contributed by atoms with Crippen LogP contribution in [0.4, 0.5) is 11.8 Å². The number of nitrogens with zero attached hydrogens (tertiary/aromatic N) is 6. The Morgan fingerprint density at radius 1 is 0.886 bits per heavy atom. The van der Waals surface area contributed by atoms with E-state index in [1.165, 1.54) is 0 Å². The molecule has 2 saturated heterocycles. The number of benzene rings is 2. The van der Waals surface area contributed by atoms with E-state index in [2.05, 4.69) is 24.8 Å². The van der Waals surface area contributed by atoms with Gasteiger partial charge in [-0.1, -0.05) is 24.3 Å². The van der Waals surface area contributed by atoms with Crippen LogP contribution in [0.25, 0.3) is 22.0 Å². The molecule has 0 bridgehead atoms. The van der Waals surface area contributed by atoms with E-state index < -0.39 is 0 Å². The highest BCUT2D eigenvalue weighted by molar-refractivity contribution is 5.87. The van der Waals surface area contributed by atoms with Crippen molar-refractivity contribution in [3.63, 3.8) is 0 Å². The molecule has 2 aliphatic rings. The van der Waals surface area contributed by atoms with E-state index >= 15 is 0 Å². The number of piperidine rings is 1. The number of anilines is 2. The van der Waals surface area contributed by atoms with Gasteiger partial charge in [0.05, 0.1) is 12.1 Å². The molecule has 9 heteroatoms. The minimum absolute atomic E-state index is 0.0609. The summed E-state index contributed by atoms with van der Waals surface area (Å²) in [5.41, 5.74) is 8.68. The number of oxazole rings is 1. The smallest absolute Gasteiger partial charge is 0.298 e. The number of nitrogens with two attached hydrogens (primary N) is 1. The van der Waals surface area contributed by atoms with Gasteiger partial charge >= 0.3 is 0 Å². The summed E-state index contributed by atoms with van der Waals surface area (Å²) in [4.78, 5) is 33.4. The van der Waals surface area contributed by atoms with Crippen LogP contribution in [0.15, 0.2) is 52.9 Å². The lowest BCUT2D eigenvalue weighted by Gasteiger charge is -2.38. The van der Waals surface area contributed by atoms with Crippen molar-refractivity contribution >= 4 is 39.7 Å². The lowest BCUT2D eigenvalue weighted by Crippen LogP contribution is -2.51. The molecule has 0 atom stereocenters. The Morgan fingerprint density at radius 3 is 2.37 bits per heavy atom. The number of para-hydroxylation sites is 3. The molecule has 0 saturated carbocycles. The molecular weight excluding hydrogens is 442 g/mol. The maximum absolute atomic E-state index is 13.2. The highest BCUT2D eigenvalue weighted by Crippen LogP contribution is 2.27. The monoisotopic (exact) mass is 471 g/mol. The summed E-state index contributed by atoms with van der Waals surface area (Å²) in [6.07, 6.45) is 1.64. The van der Waals surface area contributed by atoms with Crippen LogP contribution in [0.5, 0.6) is 0 Å². The normalized spacial score (nSPS) is 17.9. The van der Waals surface area contributed by atoms with Crippen LogP contribution >= 0.6 is 0 Å². The van der Waals surface area contributed by atoms with E-state index in [4.69, 9.17) is 10.2 Å². The number of carbonyl (C=O) groups is 1. The number of carbonyl (C=O) groups excluding carboxylic acids is 1. The van der Waals surface area contributed by atoms with Gasteiger partial charge < -0.3 is 20.0 Å². The number of amides is 1. The van der Waals surface area contributed by atoms with Crippen LogP contribution in [0.2, 0.25) is 0 Å². The minimum Gasteiger partial charge on any atom is -0.423 e. The molecule has 9 nitrogen and oxygen atoms in total. The summed E-state index contributed by atoms with van der Waals surface area (Å²) < 4.78 is 5.91. The first-order valence-electron chi connectivity index (χ1n) is 12.3. The molecule has 0 radical (unpaired) electrons. The molecule has 4 aromatic rings. The molecule has 2 aromatic carbocycles. The van der Waals surface area contributed by atoms with E-state index in [1.54, 1.807) is 0 Å². The minimum atomic E-state index is 0.0609. The molecule has 180 valence electrons. The maximum atomic E-state index is 13.2. The molecule has 2 aromatic heterocycles. The summed E-state index contributed by atoms with van der Waals surface area (Å²) in [5, 5.41) is 0.883. The van der Waals surface area contributed by atoms with Gasteiger partial charge in [-0.2, -0.15) is 4.98 Å². The molecule has 35 heavy (non-hydrogen) atoms. The zero-order chi connectivity index (χ0) is 23.8. The van der Waals surface area contributed by atoms with E-state index in [1.807, 2.05) is 53.4 Å².